The van der Waals surface area contributed by atoms with E-state index in [1.807, 2.05) is 0 Å². The van der Waals surface area contributed by atoms with E-state index in [1.54, 1.807) is 0 Å². The predicted octanol–water partition coefficient (Wildman–Crippen LogP) is 2.02. The highest BCUT2D eigenvalue weighted by Crippen LogP contribution is 2.40. The van der Waals surface area contributed by atoms with E-state index in [0.29, 0.717) is 11.3 Å². The Labute approximate surface area is 105 Å². The summed E-state index contributed by atoms with van der Waals surface area (Å²) in [5.41, 5.74) is 0.327. The molecule has 0 aromatic heterocycles. The van der Waals surface area contributed by atoms with E-state index >= 15 is 0 Å². The van der Waals surface area contributed by atoms with Gasteiger partial charge in [0, 0.05) is 13.1 Å². The largest absolute Gasteiger partial charge is 0.342 e. The monoisotopic (exact) mass is 238 g/mol. The zero-order valence-electron chi connectivity index (χ0n) is 11.5. The van der Waals surface area contributed by atoms with E-state index in [2.05, 4.69) is 31.0 Å². The molecule has 1 amide bonds. The van der Waals surface area contributed by atoms with Gasteiger partial charge in [-0.1, -0.05) is 20.8 Å². The smallest absolute Gasteiger partial charge is 0.228 e. The number of hydrogen-bond acceptors (Lipinski definition) is 2. The second-order valence-corrected chi connectivity index (χ2v) is 6.88. The van der Waals surface area contributed by atoms with Gasteiger partial charge in [-0.3, -0.25) is 4.79 Å². The first-order valence-corrected chi connectivity index (χ1v) is 6.93. The van der Waals surface area contributed by atoms with Crippen molar-refractivity contribution in [3.05, 3.63) is 0 Å². The van der Waals surface area contributed by atoms with Crippen molar-refractivity contribution >= 4 is 5.91 Å². The van der Waals surface area contributed by atoms with E-state index in [9.17, 15) is 4.79 Å². The van der Waals surface area contributed by atoms with Crippen molar-refractivity contribution < 1.29 is 4.79 Å². The summed E-state index contributed by atoms with van der Waals surface area (Å²) in [6.07, 6.45) is 4.26. The van der Waals surface area contributed by atoms with E-state index in [0.717, 1.165) is 51.9 Å². The van der Waals surface area contributed by atoms with Crippen LogP contribution in [-0.2, 0) is 4.79 Å². The van der Waals surface area contributed by atoms with Crippen LogP contribution in [0.1, 0.15) is 46.5 Å². The minimum absolute atomic E-state index is 0.00311. The number of carbonyl (C=O) groups excluding carboxylic acids is 1. The van der Waals surface area contributed by atoms with Crippen LogP contribution in [0, 0.1) is 10.8 Å². The molecule has 2 aliphatic rings. The second kappa shape index (κ2) is 4.60. The highest BCUT2D eigenvalue weighted by Gasteiger charge is 2.46. The molecule has 3 nitrogen and oxygen atoms in total. The number of rotatable bonds is 2. The maximum Gasteiger partial charge on any atom is 0.228 e. The lowest BCUT2D eigenvalue weighted by Crippen LogP contribution is -2.43. The molecular formula is C14H26N2O. The summed E-state index contributed by atoms with van der Waals surface area (Å²) in [6, 6.07) is 0. The molecule has 2 saturated heterocycles. The molecule has 0 unspecified atom stereocenters. The molecule has 0 aromatic carbocycles. The van der Waals surface area contributed by atoms with Crippen molar-refractivity contribution in [2.45, 2.75) is 46.5 Å². The summed E-state index contributed by atoms with van der Waals surface area (Å²) in [4.78, 5) is 14.6. The molecule has 2 rings (SSSR count). The van der Waals surface area contributed by atoms with Crippen molar-refractivity contribution in [1.82, 2.24) is 10.2 Å². The summed E-state index contributed by atoms with van der Waals surface area (Å²) in [7, 11) is 0. The van der Waals surface area contributed by atoms with Gasteiger partial charge in [0.25, 0.3) is 0 Å². The number of piperidine rings is 1. The number of likely N-dealkylation sites (tertiary alicyclic amines) is 1. The summed E-state index contributed by atoms with van der Waals surface area (Å²) in [5.74, 6) is 0.434. The van der Waals surface area contributed by atoms with Gasteiger partial charge in [0.05, 0.1) is 5.41 Å². The van der Waals surface area contributed by atoms with E-state index in [1.165, 1.54) is 0 Å². The molecule has 0 aliphatic carbocycles. The SMILES string of the molecule is CC(C)(C)CCN1CCC2(CCNCC2)C1=O. The van der Waals surface area contributed by atoms with Crippen molar-refractivity contribution in [3.63, 3.8) is 0 Å². The minimum atomic E-state index is 0.00311. The Morgan fingerprint density at radius 3 is 2.47 bits per heavy atom. The van der Waals surface area contributed by atoms with Crippen molar-refractivity contribution in [3.8, 4) is 0 Å². The number of hydrogen-bond donors (Lipinski definition) is 1. The average Bonchev–Trinajstić information content (AvgIpc) is 2.55. The Kier molecular flexibility index (Phi) is 3.48. The second-order valence-electron chi connectivity index (χ2n) is 6.88. The average molecular weight is 238 g/mol. The summed E-state index contributed by atoms with van der Waals surface area (Å²) < 4.78 is 0. The van der Waals surface area contributed by atoms with Crippen LogP contribution in [0.15, 0.2) is 0 Å². The van der Waals surface area contributed by atoms with Crippen LogP contribution in [-0.4, -0.2) is 37.0 Å². The normalized spacial score (nSPS) is 24.6. The zero-order valence-corrected chi connectivity index (χ0v) is 11.5. The molecule has 2 fully saturated rings. The van der Waals surface area contributed by atoms with Crippen LogP contribution in [0.5, 0.6) is 0 Å². The van der Waals surface area contributed by atoms with E-state index in [4.69, 9.17) is 0 Å². The van der Waals surface area contributed by atoms with Crippen LogP contribution in [0.25, 0.3) is 0 Å². The fourth-order valence-corrected chi connectivity index (χ4v) is 2.95. The van der Waals surface area contributed by atoms with Gasteiger partial charge >= 0.3 is 0 Å². The third kappa shape index (κ3) is 2.82. The molecule has 1 spiro atoms. The Balaban J connectivity index is 1.93. The Morgan fingerprint density at radius 1 is 1.24 bits per heavy atom. The Bertz CT molecular complexity index is 287. The van der Waals surface area contributed by atoms with Gasteiger partial charge in [-0.25, -0.2) is 0 Å². The molecule has 17 heavy (non-hydrogen) atoms. The van der Waals surface area contributed by atoms with Gasteiger partial charge in [0.15, 0.2) is 0 Å². The maximum absolute atomic E-state index is 12.5. The highest BCUT2D eigenvalue weighted by molar-refractivity contribution is 5.85. The van der Waals surface area contributed by atoms with Crippen LogP contribution >= 0.6 is 0 Å². The Morgan fingerprint density at radius 2 is 1.88 bits per heavy atom. The van der Waals surface area contributed by atoms with E-state index < -0.39 is 0 Å². The first kappa shape index (κ1) is 12.9. The molecule has 2 aliphatic heterocycles. The third-order valence-corrected chi connectivity index (χ3v) is 4.29. The lowest BCUT2D eigenvalue weighted by atomic mass is 9.77. The molecule has 0 aromatic rings. The lowest BCUT2D eigenvalue weighted by molar-refractivity contribution is -0.137. The molecule has 0 atom stereocenters. The van der Waals surface area contributed by atoms with Crippen molar-refractivity contribution in [2.24, 2.45) is 10.8 Å². The van der Waals surface area contributed by atoms with Crippen molar-refractivity contribution in [2.75, 3.05) is 26.2 Å². The van der Waals surface area contributed by atoms with E-state index in [-0.39, 0.29) is 5.41 Å². The number of carbonyl (C=O) groups is 1. The van der Waals surface area contributed by atoms with Crippen LogP contribution < -0.4 is 5.32 Å². The molecule has 2 heterocycles. The molecule has 1 N–H and O–H groups in total. The first-order chi connectivity index (χ1) is 7.93. The van der Waals surface area contributed by atoms with Gasteiger partial charge in [0.1, 0.15) is 0 Å². The van der Waals surface area contributed by atoms with Gasteiger partial charge in [-0.05, 0) is 44.2 Å². The molecular weight excluding hydrogens is 212 g/mol. The Hall–Kier alpha value is -0.570. The molecule has 0 radical (unpaired) electrons. The molecule has 0 saturated carbocycles. The van der Waals surface area contributed by atoms with Gasteiger partial charge < -0.3 is 10.2 Å². The van der Waals surface area contributed by atoms with Gasteiger partial charge in [0.2, 0.25) is 5.91 Å². The van der Waals surface area contributed by atoms with Crippen LogP contribution in [0.2, 0.25) is 0 Å². The number of amides is 1. The quantitative estimate of drug-likeness (QED) is 0.798. The predicted molar refractivity (Wildman–Crippen MR) is 69.8 cm³/mol. The fraction of sp³-hybridized carbons (Fsp3) is 0.929. The molecule has 3 heteroatoms. The van der Waals surface area contributed by atoms with Crippen LogP contribution in [0.3, 0.4) is 0 Å². The van der Waals surface area contributed by atoms with Crippen LogP contribution in [0.4, 0.5) is 0 Å². The summed E-state index contributed by atoms with van der Waals surface area (Å²) in [6.45, 7) is 10.7. The number of nitrogens with one attached hydrogen (secondary N) is 1. The van der Waals surface area contributed by atoms with Crippen molar-refractivity contribution in [1.29, 1.82) is 0 Å². The highest BCUT2D eigenvalue weighted by atomic mass is 16.2. The summed E-state index contributed by atoms with van der Waals surface area (Å²) >= 11 is 0. The first-order valence-electron chi connectivity index (χ1n) is 6.93. The van der Waals surface area contributed by atoms with Gasteiger partial charge in [-0.15, -0.1) is 0 Å². The molecule has 98 valence electrons. The van der Waals surface area contributed by atoms with Gasteiger partial charge in [-0.2, -0.15) is 0 Å². The summed E-state index contributed by atoms with van der Waals surface area (Å²) in [5, 5.41) is 3.36. The molecule has 0 bridgehead atoms. The topological polar surface area (TPSA) is 32.3 Å². The fourth-order valence-electron chi connectivity index (χ4n) is 2.95. The lowest BCUT2D eigenvalue weighted by Gasteiger charge is -2.32. The third-order valence-electron chi connectivity index (χ3n) is 4.29. The standard InChI is InChI=1S/C14H26N2O/c1-13(2,3)6-10-16-11-7-14(12(16)17)4-8-15-9-5-14/h15H,4-11H2,1-3H3. The number of nitrogens with zero attached hydrogens (tertiary/aromatic N) is 1. The zero-order chi connectivity index (χ0) is 12.5. The minimum Gasteiger partial charge on any atom is -0.342 e. The maximum atomic E-state index is 12.5.